The molecule has 2 aromatic rings. The summed E-state index contributed by atoms with van der Waals surface area (Å²) in [6, 6.07) is 17.6. The second-order valence-corrected chi connectivity index (χ2v) is 9.00. The number of benzene rings is 2. The summed E-state index contributed by atoms with van der Waals surface area (Å²) in [7, 11) is 2.27. The molecule has 1 aliphatic heterocycles. The van der Waals surface area contributed by atoms with Crippen LogP contribution in [0.2, 0.25) is 5.02 Å². The Morgan fingerprint density at radius 3 is 2.52 bits per heavy atom. The molecule has 2 heteroatoms. The third kappa shape index (κ3) is 3.13. The lowest BCUT2D eigenvalue weighted by Gasteiger charge is -2.45. The SMILES string of the molecule is CN1CCC([C@H]2C[C@@H](c3ccccc3)c3ccc(Cl)cc32)CC1(C)C. The summed E-state index contributed by atoms with van der Waals surface area (Å²) in [5.74, 6) is 1.89. The number of hydrogen-bond donors (Lipinski definition) is 0. The van der Waals surface area contributed by atoms with Crippen LogP contribution in [0.5, 0.6) is 0 Å². The Morgan fingerprint density at radius 1 is 1.04 bits per heavy atom. The molecular weight excluding hydrogens is 326 g/mol. The summed E-state index contributed by atoms with van der Waals surface area (Å²) < 4.78 is 0. The van der Waals surface area contributed by atoms with Crippen molar-refractivity contribution in [2.45, 2.75) is 50.5 Å². The van der Waals surface area contributed by atoms with Crippen molar-refractivity contribution < 1.29 is 0 Å². The quantitative estimate of drug-likeness (QED) is 0.632. The van der Waals surface area contributed by atoms with Gasteiger partial charge >= 0.3 is 0 Å². The number of halogens is 1. The lowest BCUT2D eigenvalue weighted by Crippen LogP contribution is -2.48. The molecule has 1 heterocycles. The topological polar surface area (TPSA) is 3.24 Å². The van der Waals surface area contributed by atoms with Crippen LogP contribution in [0.3, 0.4) is 0 Å². The molecule has 0 saturated carbocycles. The molecule has 4 rings (SSSR count). The third-order valence-electron chi connectivity index (χ3n) is 6.71. The van der Waals surface area contributed by atoms with Gasteiger partial charge in [-0.25, -0.2) is 0 Å². The van der Waals surface area contributed by atoms with Crippen molar-refractivity contribution >= 4 is 11.6 Å². The second-order valence-electron chi connectivity index (χ2n) is 8.57. The molecule has 2 aromatic carbocycles. The Balaban J connectivity index is 1.70. The maximum Gasteiger partial charge on any atom is 0.0409 e. The molecule has 132 valence electrons. The predicted molar refractivity (Wildman–Crippen MR) is 107 cm³/mol. The highest BCUT2D eigenvalue weighted by atomic mass is 35.5. The summed E-state index contributed by atoms with van der Waals surface area (Å²) in [4.78, 5) is 2.52. The molecule has 1 saturated heterocycles. The molecule has 0 N–H and O–H groups in total. The fraction of sp³-hybridized carbons (Fsp3) is 0.478. The van der Waals surface area contributed by atoms with Gasteiger partial charge in [0, 0.05) is 16.5 Å². The van der Waals surface area contributed by atoms with Crippen LogP contribution in [-0.4, -0.2) is 24.0 Å². The normalized spacial score (nSPS) is 28.7. The Bertz CT molecular complexity index is 752. The minimum Gasteiger partial charge on any atom is -0.301 e. The monoisotopic (exact) mass is 353 g/mol. The van der Waals surface area contributed by atoms with Gasteiger partial charge in [0.15, 0.2) is 0 Å². The first kappa shape index (κ1) is 17.1. The number of hydrogen-bond acceptors (Lipinski definition) is 1. The first-order valence-corrected chi connectivity index (χ1v) is 9.89. The van der Waals surface area contributed by atoms with Crippen LogP contribution in [0.4, 0.5) is 0 Å². The molecular formula is C23H28ClN. The Morgan fingerprint density at radius 2 is 1.80 bits per heavy atom. The van der Waals surface area contributed by atoms with Crippen molar-refractivity contribution in [1.82, 2.24) is 4.90 Å². The average Bonchev–Trinajstić information content (AvgIpc) is 2.97. The lowest BCUT2D eigenvalue weighted by atomic mass is 9.74. The first-order valence-electron chi connectivity index (χ1n) is 9.51. The van der Waals surface area contributed by atoms with Gasteiger partial charge in [-0.15, -0.1) is 0 Å². The highest BCUT2D eigenvalue weighted by molar-refractivity contribution is 6.30. The fourth-order valence-corrected chi connectivity index (χ4v) is 5.22. The molecule has 0 spiro atoms. The van der Waals surface area contributed by atoms with Crippen LogP contribution in [0.15, 0.2) is 48.5 Å². The van der Waals surface area contributed by atoms with Gasteiger partial charge in [0.2, 0.25) is 0 Å². The van der Waals surface area contributed by atoms with Crippen molar-refractivity contribution in [2.24, 2.45) is 5.92 Å². The fourth-order valence-electron chi connectivity index (χ4n) is 5.04. The molecule has 2 aliphatic rings. The smallest absolute Gasteiger partial charge is 0.0409 e. The molecule has 1 fully saturated rings. The van der Waals surface area contributed by atoms with Crippen LogP contribution in [-0.2, 0) is 0 Å². The van der Waals surface area contributed by atoms with E-state index in [1.165, 1.54) is 42.5 Å². The van der Waals surface area contributed by atoms with Crippen molar-refractivity contribution in [3.05, 3.63) is 70.2 Å². The summed E-state index contributed by atoms with van der Waals surface area (Å²) in [6.07, 6.45) is 3.78. The van der Waals surface area contributed by atoms with E-state index in [4.69, 9.17) is 11.6 Å². The predicted octanol–water partition coefficient (Wildman–Crippen LogP) is 6.08. The van der Waals surface area contributed by atoms with Gasteiger partial charge in [-0.1, -0.05) is 48.0 Å². The zero-order valence-electron chi connectivity index (χ0n) is 15.5. The zero-order valence-corrected chi connectivity index (χ0v) is 16.3. The van der Waals surface area contributed by atoms with E-state index in [0.717, 1.165) is 10.9 Å². The Labute approximate surface area is 157 Å². The Kier molecular flexibility index (Phi) is 4.42. The van der Waals surface area contributed by atoms with E-state index in [0.29, 0.717) is 11.8 Å². The van der Waals surface area contributed by atoms with Crippen molar-refractivity contribution in [3.8, 4) is 0 Å². The largest absolute Gasteiger partial charge is 0.301 e. The Hall–Kier alpha value is -1.31. The molecule has 0 amide bonds. The summed E-state index contributed by atoms with van der Waals surface area (Å²) in [5.41, 5.74) is 4.73. The van der Waals surface area contributed by atoms with Crippen molar-refractivity contribution in [2.75, 3.05) is 13.6 Å². The van der Waals surface area contributed by atoms with E-state index in [1.807, 2.05) is 0 Å². The van der Waals surface area contributed by atoms with E-state index < -0.39 is 0 Å². The van der Waals surface area contributed by atoms with Gasteiger partial charge < -0.3 is 4.90 Å². The minimum absolute atomic E-state index is 0.284. The van der Waals surface area contributed by atoms with Gasteiger partial charge in [0.05, 0.1) is 0 Å². The van der Waals surface area contributed by atoms with E-state index in [2.05, 4.69) is 74.3 Å². The van der Waals surface area contributed by atoms with Crippen molar-refractivity contribution in [3.63, 3.8) is 0 Å². The van der Waals surface area contributed by atoms with E-state index in [9.17, 15) is 0 Å². The number of fused-ring (bicyclic) bond motifs is 1. The number of piperidine rings is 1. The first-order chi connectivity index (χ1) is 12.0. The third-order valence-corrected chi connectivity index (χ3v) is 6.95. The molecule has 3 atom stereocenters. The van der Waals surface area contributed by atoms with Gasteiger partial charge in [-0.3, -0.25) is 0 Å². The van der Waals surface area contributed by atoms with Gasteiger partial charge in [-0.05, 0) is 87.4 Å². The summed E-state index contributed by atoms with van der Waals surface area (Å²) in [6.45, 7) is 5.98. The van der Waals surface area contributed by atoms with E-state index in [1.54, 1.807) is 0 Å². The molecule has 0 bridgehead atoms. The van der Waals surface area contributed by atoms with Crippen LogP contribution >= 0.6 is 11.6 Å². The van der Waals surface area contributed by atoms with Gasteiger partial charge in [0.25, 0.3) is 0 Å². The van der Waals surface area contributed by atoms with Gasteiger partial charge in [0.1, 0.15) is 0 Å². The van der Waals surface area contributed by atoms with Crippen LogP contribution in [0.1, 0.15) is 61.6 Å². The van der Waals surface area contributed by atoms with Crippen LogP contribution < -0.4 is 0 Å². The average molecular weight is 354 g/mol. The zero-order chi connectivity index (χ0) is 17.6. The highest BCUT2D eigenvalue weighted by Crippen LogP contribution is 2.52. The van der Waals surface area contributed by atoms with Crippen LogP contribution in [0.25, 0.3) is 0 Å². The molecule has 1 unspecified atom stereocenters. The standard InChI is InChI=1S/C23H28ClN/c1-23(2)15-17(11-12-25(23)3)21-14-20(16-7-5-4-6-8-16)19-10-9-18(24)13-22(19)21/h4-10,13,17,20-21H,11-12,14-15H2,1-3H3/t17?,20-,21+/m0/s1. The molecule has 25 heavy (non-hydrogen) atoms. The maximum absolute atomic E-state index is 6.39. The summed E-state index contributed by atoms with van der Waals surface area (Å²) in [5, 5.41) is 0.879. The lowest BCUT2D eigenvalue weighted by molar-refractivity contribution is 0.0620. The maximum atomic E-state index is 6.39. The van der Waals surface area contributed by atoms with Crippen molar-refractivity contribution in [1.29, 1.82) is 0 Å². The van der Waals surface area contributed by atoms with Crippen LogP contribution in [0, 0.1) is 5.92 Å². The molecule has 1 aliphatic carbocycles. The second kappa shape index (κ2) is 6.45. The molecule has 0 radical (unpaired) electrons. The minimum atomic E-state index is 0.284. The molecule has 1 nitrogen and oxygen atoms in total. The van der Waals surface area contributed by atoms with Gasteiger partial charge in [-0.2, -0.15) is 0 Å². The summed E-state index contributed by atoms with van der Waals surface area (Å²) >= 11 is 6.39. The molecule has 0 aromatic heterocycles. The van der Waals surface area contributed by atoms with E-state index in [-0.39, 0.29) is 5.54 Å². The number of likely N-dealkylation sites (tertiary alicyclic amines) is 1. The number of nitrogens with zero attached hydrogens (tertiary/aromatic N) is 1. The highest BCUT2D eigenvalue weighted by Gasteiger charge is 2.41. The van der Waals surface area contributed by atoms with E-state index >= 15 is 0 Å². The number of rotatable bonds is 2.